The van der Waals surface area contributed by atoms with Gasteiger partial charge in [0.1, 0.15) is 0 Å². The van der Waals surface area contributed by atoms with Crippen molar-refractivity contribution in [1.82, 2.24) is 4.98 Å². The SMILES string of the molecule is CC#CCCCCCOc1cccc(NC(=O)c2ccc3nc(C)ccc3c2)c1F. The number of hydrogen-bond donors (Lipinski definition) is 1. The lowest BCUT2D eigenvalue weighted by molar-refractivity contribution is 0.102. The van der Waals surface area contributed by atoms with Crippen molar-refractivity contribution < 1.29 is 13.9 Å². The number of hydrogen-bond acceptors (Lipinski definition) is 3. The predicted molar refractivity (Wildman–Crippen MR) is 118 cm³/mol. The third-order valence-corrected chi connectivity index (χ3v) is 4.68. The second-order valence-electron chi connectivity index (χ2n) is 7.02. The lowest BCUT2D eigenvalue weighted by Crippen LogP contribution is -2.13. The lowest BCUT2D eigenvalue weighted by Gasteiger charge is -2.11. The predicted octanol–water partition coefficient (Wildman–Crippen LogP) is 5.90. The molecule has 0 aliphatic heterocycles. The molecule has 4 nitrogen and oxygen atoms in total. The minimum absolute atomic E-state index is 0.0952. The van der Waals surface area contributed by atoms with Gasteiger partial charge in [-0.1, -0.05) is 12.1 Å². The first kappa shape index (κ1) is 21.3. The van der Waals surface area contributed by atoms with Crippen molar-refractivity contribution in [2.45, 2.75) is 39.5 Å². The molecule has 30 heavy (non-hydrogen) atoms. The number of anilines is 1. The molecule has 0 saturated heterocycles. The van der Waals surface area contributed by atoms with Crippen LogP contribution in [0.1, 0.15) is 48.7 Å². The zero-order valence-corrected chi connectivity index (χ0v) is 17.3. The highest BCUT2D eigenvalue weighted by Gasteiger charge is 2.14. The molecule has 0 radical (unpaired) electrons. The fourth-order valence-corrected chi connectivity index (χ4v) is 3.08. The van der Waals surface area contributed by atoms with Crippen molar-refractivity contribution in [2.75, 3.05) is 11.9 Å². The lowest BCUT2D eigenvalue weighted by atomic mass is 10.1. The van der Waals surface area contributed by atoms with E-state index in [1.165, 1.54) is 6.07 Å². The number of benzene rings is 2. The summed E-state index contributed by atoms with van der Waals surface area (Å²) in [5.41, 5.74) is 2.26. The second-order valence-corrected chi connectivity index (χ2v) is 7.02. The van der Waals surface area contributed by atoms with Gasteiger partial charge in [-0.2, -0.15) is 0 Å². The van der Waals surface area contributed by atoms with E-state index in [1.54, 1.807) is 30.3 Å². The van der Waals surface area contributed by atoms with Crippen molar-refractivity contribution in [3.8, 4) is 17.6 Å². The van der Waals surface area contributed by atoms with Gasteiger partial charge in [-0.15, -0.1) is 11.8 Å². The van der Waals surface area contributed by atoms with Crippen molar-refractivity contribution in [3.05, 3.63) is 65.6 Å². The van der Waals surface area contributed by atoms with Gasteiger partial charge in [-0.25, -0.2) is 4.39 Å². The molecule has 0 saturated carbocycles. The van der Waals surface area contributed by atoms with Crippen LogP contribution in [-0.4, -0.2) is 17.5 Å². The summed E-state index contributed by atoms with van der Waals surface area (Å²) < 4.78 is 20.3. The van der Waals surface area contributed by atoms with Crippen LogP contribution in [0.4, 0.5) is 10.1 Å². The minimum Gasteiger partial charge on any atom is -0.490 e. The molecule has 0 fully saturated rings. The van der Waals surface area contributed by atoms with Gasteiger partial charge in [-0.3, -0.25) is 9.78 Å². The molecule has 5 heteroatoms. The molecule has 154 valence electrons. The second kappa shape index (κ2) is 10.4. The molecule has 1 aromatic heterocycles. The normalized spacial score (nSPS) is 10.4. The number of aryl methyl sites for hydroxylation is 1. The summed E-state index contributed by atoms with van der Waals surface area (Å²) in [6.07, 6.45) is 3.68. The fraction of sp³-hybridized carbons (Fsp3) is 0.280. The minimum atomic E-state index is -0.569. The van der Waals surface area contributed by atoms with Crippen LogP contribution in [0.25, 0.3) is 10.9 Å². The van der Waals surface area contributed by atoms with Crippen LogP contribution < -0.4 is 10.1 Å². The Morgan fingerprint density at radius 3 is 2.83 bits per heavy atom. The highest BCUT2D eigenvalue weighted by atomic mass is 19.1. The highest BCUT2D eigenvalue weighted by molar-refractivity contribution is 6.06. The van der Waals surface area contributed by atoms with E-state index in [9.17, 15) is 9.18 Å². The Labute approximate surface area is 176 Å². The van der Waals surface area contributed by atoms with Crippen LogP contribution in [0.15, 0.2) is 48.5 Å². The Morgan fingerprint density at radius 2 is 2.00 bits per heavy atom. The summed E-state index contributed by atoms with van der Waals surface area (Å²) in [4.78, 5) is 17.1. The van der Waals surface area contributed by atoms with E-state index in [2.05, 4.69) is 22.1 Å². The van der Waals surface area contributed by atoms with Crippen LogP contribution in [0.2, 0.25) is 0 Å². The Morgan fingerprint density at radius 1 is 1.13 bits per heavy atom. The number of pyridine rings is 1. The van der Waals surface area contributed by atoms with Crippen LogP contribution in [0.3, 0.4) is 0 Å². The topological polar surface area (TPSA) is 51.2 Å². The summed E-state index contributed by atoms with van der Waals surface area (Å²) in [7, 11) is 0. The van der Waals surface area contributed by atoms with E-state index < -0.39 is 5.82 Å². The van der Waals surface area contributed by atoms with Gasteiger partial charge < -0.3 is 10.1 Å². The zero-order valence-electron chi connectivity index (χ0n) is 17.3. The molecule has 0 bridgehead atoms. The van der Waals surface area contributed by atoms with Gasteiger partial charge in [0.15, 0.2) is 11.6 Å². The van der Waals surface area contributed by atoms with Gasteiger partial charge in [0.25, 0.3) is 5.91 Å². The van der Waals surface area contributed by atoms with E-state index in [0.717, 1.165) is 42.3 Å². The van der Waals surface area contributed by atoms with Crippen LogP contribution in [-0.2, 0) is 0 Å². The highest BCUT2D eigenvalue weighted by Crippen LogP contribution is 2.25. The fourth-order valence-electron chi connectivity index (χ4n) is 3.08. The number of carbonyl (C=O) groups is 1. The number of rotatable bonds is 8. The molecule has 3 aromatic rings. The Bertz CT molecular complexity index is 1100. The van der Waals surface area contributed by atoms with Gasteiger partial charge >= 0.3 is 0 Å². The number of aromatic nitrogens is 1. The maximum atomic E-state index is 14.8. The third kappa shape index (κ3) is 5.57. The van der Waals surface area contributed by atoms with Gasteiger partial charge in [0.2, 0.25) is 0 Å². The smallest absolute Gasteiger partial charge is 0.255 e. The molecule has 1 heterocycles. The zero-order chi connectivity index (χ0) is 21.3. The molecule has 1 N–H and O–H groups in total. The number of carbonyl (C=O) groups excluding carboxylic acids is 1. The number of fused-ring (bicyclic) bond motifs is 1. The quantitative estimate of drug-likeness (QED) is 0.376. The monoisotopic (exact) mass is 404 g/mol. The number of ether oxygens (including phenoxy) is 1. The van der Waals surface area contributed by atoms with E-state index >= 15 is 0 Å². The number of amides is 1. The first-order valence-corrected chi connectivity index (χ1v) is 10.1. The van der Waals surface area contributed by atoms with Crippen molar-refractivity contribution in [1.29, 1.82) is 0 Å². The van der Waals surface area contributed by atoms with E-state index in [0.29, 0.717) is 12.2 Å². The van der Waals surface area contributed by atoms with Gasteiger partial charge in [0.05, 0.1) is 17.8 Å². The molecule has 0 spiro atoms. The average molecular weight is 404 g/mol. The average Bonchev–Trinajstić information content (AvgIpc) is 2.75. The van der Waals surface area contributed by atoms with E-state index in [4.69, 9.17) is 4.74 Å². The van der Waals surface area contributed by atoms with Gasteiger partial charge in [-0.05, 0) is 69.5 Å². The number of nitrogens with zero attached hydrogens (tertiary/aromatic N) is 1. The molecule has 0 aliphatic rings. The first-order chi connectivity index (χ1) is 14.6. The maximum Gasteiger partial charge on any atom is 0.255 e. The Kier molecular flexibility index (Phi) is 7.40. The Balaban J connectivity index is 1.62. The van der Waals surface area contributed by atoms with Crippen molar-refractivity contribution >= 4 is 22.5 Å². The summed E-state index contributed by atoms with van der Waals surface area (Å²) in [6.45, 7) is 4.17. The summed E-state index contributed by atoms with van der Waals surface area (Å²) in [6, 6.07) is 13.8. The van der Waals surface area contributed by atoms with Crippen LogP contribution in [0.5, 0.6) is 5.75 Å². The molecular weight excluding hydrogens is 379 g/mol. The molecule has 0 unspecified atom stereocenters. The molecule has 3 rings (SSSR count). The largest absolute Gasteiger partial charge is 0.490 e. The van der Waals surface area contributed by atoms with E-state index in [1.807, 2.05) is 26.0 Å². The van der Waals surface area contributed by atoms with Crippen molar-refractivity contribution in [3.63, 3.8) is 0 Å². The number of unbranched alkanes of at least 4 members (excludes halogenated alkanes) is 3. The third-order valence-electron chi connectivity index (χ3n) is 4.68. The molecule has 1 amide bonds. The molecule has 2 aromatic carbocycles. The van der Waals surface area contributed by atoms with Crippen molar-refractivity contribution in [2.24, 2.45) is 0 Å². The number of nitrogens with one attached hydrogen (secondary N) is 1. The van der Waals surface area contributed by atoms with Crippen LogP contribution in [0, 0.1) is 24.6 Å². The first-order valence-electron chi connectivity index (χ1n) is 10.1. The van der Waals surface area contributed by atoms with E-state index in [-0.39, 0.29) is 17.3 Å². The molecule has 0 atom stereocenters. The standard InChI is InChI=1S/C25H25FN2O2/c1-3-4-5-6-7-8-16-30-23-11-9-10-22(24(23)26)28-25(29)20-14-15-21-19(17-20)13-12-18(2)27-21/h9-15,17H,5-8,16H2,1-2H3,(H,28,29). The Hall–Kier alpha value is -3.39. The summed E-state index contributed by atoms with van der Waals surface area (Å²) >= 11 is 0. The summed E-state index contributed by atoms with van der Waals surface area (Å²) in [5, 5.41) is 3.50. The maximum absolute atomic E-state index is 14.8. The van der Waals surface area contributed by atoms with Crippen LogP contribution >= 0.6 is 0 Å². The molecule has 0 aliphatic carbocycles. The number of halogens is 1. The molecular formula is C25H25FN2O2. The van der Waals surface area contributed by atoms with Gasteiger partial charge in [0, 0.05) is 23.1 Å². The summed E-state index contributed by atoms with van der Waals surface area (Å²) in [5.74, 6) is 5.08.